The van der Waals surface area contributed by atoms with Crippen LogP contribution >= 0.6 is 11.6 Å². The summed E-state index contributed by atoms with van der Waals surface area (Å²) in [7, 11) is 0. The van der Waals surface area contributed by atoms with Crippen molar-refractivity contribution in [3.63, 3.8) is 0 Å². The minimum absolute atomic E-state index is 0.111. The van der Waals surface area contributed by atoms with Gasteiger partial charge in [-0.2, -0.15) is 0 Å². The maximum atomic E-state index is 11.2. The lowest BCUT2D eigenvalue weighted by molar-refractivity contribution is -0.145. The molecule has 0 aromatic heterocycles. The summed E-state index contributed by atoms with van der Waals surface area (Å²) < 4.78 is 10.1. The van der Waals surface area contributed by atoms with Crippen LogP contribution in [0, 0.1) is 0 Å². The molecule has 0 fully saturated rings. The zero-order chi connectivity index (χ0) is 13.5. The number of aryl methyl sites for hydroxylation is 1. The highest BCUT2D eigenvalue weighted by atomic mass is 35.5. The number of aliphatic hydroxyl groups excluding tert-OH is 1. The number of aliphatic hydroxyl groups is 1. The fraction of sp³-hybridized carbons (Fsp3) is 0.462. The Bertz CT molecular complexity index is 418. The van der Waals surface area contributed by atoms with E-state index in [-0.39, 0.29) is 13.2 Å². The lowest BCUT2D eigenvalue weighted by Gasteiger charge is -2.12. The molecule has 18 heavy (non-hydrogen) atoms. The second-order valence-electron chi connectivity index (χ2n) is 3.65. The Hall–Kier alpha value is -1.26. The van der Waals surface area contributed by atoms with Gasteiger partial charge in [-0.05, 0) is 36.6 Å². The van der Waals surface area contributed by atoms with E-state index in [2.05, 4.69) is 0 Å². The van der Waals surface area contributed by atoms with Crippen molar-refractivity contribution in [1.29, 1.82) is 0 Å². The lowest BCUT2D eigenvalue weighted by atomic mass is 10.1. The van der Waals surface area contributed by atoms with Crippen LogP contribution in [0.4, 0.5) is 0 Å². The molecular formula is C13H17ClO4. The number of halogens is 1. The van der Waals surface area contributed by atoms with E-state index in [1.165, 1.54) is 0 Å². The smallest absolute Gasteiger partial charge is 0.344 e. The molecule has 0 saturated heterocycles. The van der Waals surface area contributed by atoms with E-state index in [0.29, 0.717) is 22.9 Å². The van der Waals surface area contributed by atoms with E-state index >= 15 is 0 Å². The predicted molar refractivity (Wildman–Crippen MR) is 68.9 cm³/mol. The quantitative estimate of drug-likeness (QED) is 0.808. The summed E-state index contributed by atoms with van der Waals surface area (Å²) >= 11 is 6.03. The standard InChI is InChI=1S/C13H17ClO4/c1-3-9-5-10(6-12(14)11(9)7-15)18-8-13(16)17-4-2/h5-6,15H,3-4,7-8H2,1-2H3. The minimum atomic E-state index is -0.419. The number of rotatable bonds is 6. The number of carbonyl (C=O) groups is 1. The van der Waals surface area contributed by atoms with Crippen LogP contribution in [0.3, 0.4) is 0 Å². The largest absolute Gasteiger partial charge is 0.482 e. The first-order valence-corrected chi connectivity index (χ1v) is 6.20. The maximum Gasteiger partial charge on any atom is 0.344 e. The Balaban J connectivity index is 2.78. The number of benzene rings is 1. The molecule has 100 valence electrons. The van der Waals surface area contributed by atoms with Crippen LogP contribution in [0.25, 0.3) is 0 Å². The minimum Gasteiger partial charge on any atom is -0.482 e. The van der Waals surface area contributed by atoms with Crippen LogP contribution in [-0.4, -0.2) is 24.3 Å². The van der Waals surface area contributed by atoms with Gasteiger partial charge in [0.1, 0.15) is 5.75 Å². The molecule has 0 aliphatic heterocycles. The fourth-order valence-electron chi connectivity index (χ4n) is 1.59. The van der Waals surface area contributed by atoms with Crippen molar-refractivity contribution in [3.8, 4) is 5.75 Å². The monoisotopic (exact) mass is 272 g/mol. The van der Waals surface area contributed by atoms with Gasteiger partial charge in [0, 0.05) is 0 Å². The molecule has 1 rings (SSSR count). The van der Waals surface area contributed by atoms with Crippen LogP contribution in [0.15, 0.2) is 12.1 Å². The van der Waals surface area contributed by atoms with Gasteiger partial charge in [-0.25, -0.2) is 4.79 Å². The molecule has 0 atom stereocenters. The Labute approximate surface area is 111 Å². The molecule has 0 unspecified atom stereocenters. The van der Waals surface area contributed by atoms with Crippen LogP contribution < -0.4 is 4.74 Å². The average molecular weight is 273 g/mol. The first-order valence-electron chi connectivity index (χ1n) is 5.82. The van der Waals surface area contributed by atoms with Crippen molar-refractivity contribution in [2.45, 2.75) is 26.9 Å². The average Bonchev–Trinajstić information content (AvgIpc) is 2.36. The van der Waals surface area contributed by atoms with Crippen LogP contribution in [0.5, 0.6) is 5.75 Å². The molecule has 1 N–H and O–H groups in total. The molecule has 0 radical (unpaired) electrons. The van der Waals surface area contributed by atoms with Crippen molar-refractivity contribution in [3.05, 3.63) is 28.3 Å². The summed E-state index contributed by atoms with van der Waals surface area (Å²) in [6.45, 7) is 3.76. The highest BCUT2D eigenvalue weighted by Crippen LogP contribution is 2.27. The van der Waals surface area contributed by atoms with E-state index < -0.39 is 5.97 Å². The van der Waals surface area contributed by atoms with Gasteiger partial charge in [0.2, 0.25) is 0 Å². The molecule has 1 aromatic carbocycles. The zero-order valence-electron chi connectivity index (χ0n) is 10.5. The van der Waals surface area contributed by atoms with Gasteiger partial charge in [-0.1, -0.05) is 18.5 Å². The van der Waals surface area contributed by atoms with Gasteiger partial charge in [0.15, 0.2) is 6.61 Å². The molecule has 0 bridgehead atoms. The third-order valence-corrected chi connectivity index (χ3v) is 2.80. The first kappa shape index (κ1) is 14.8. The predicted octanol–water partition coefficient (Wildman–Crippen LogP) is 2.34. The number of carbonyl (C=O) groups excluding carboxylic acids is 1. The van der Waals surface area contributed by atoms with Gasteiger partial charge < -0.3 is 14.6 Å². The van der Waals surface area contributed by atoms with Crippen LogP contribution in [0.1, 0.15) is 25.0 Å². The highest BCUT2D eigenvalue weighted by Gasteiger charge is 2.10. The zero-order valence-corrected chi connectivity index (χ0v) is 11.3. The van der Waals surface area contributed by atoms with E-state index in [1.54, 1.807) is 19.1 Å². The second kappa shape index (κ2) is 7.24. The molecule has 0 aliphatic rings. The summed E-state index contributed by atoms with van der Waals surface area (Å²) in [4.78, 5) is 11.2. The van der Waals surface area contributed by atoms with E-state index in [1.807, 2.05) is 6.92 Å². The van der Waals surface area contributed by atoms with Gasteiger partial charge in [-0.3, -0.25) is 0 Å². The summed E-state index contributed by atoms with van der Waals surface area (Å²) in [6.07, 6.45) is 0.728. The third-order valence-electron chi connectivity index (χ3n) is 2.46. The molecule has 0 aliphatic carbocycles. The molecular weight excluding hydrogens is 256 g/mol. The molecule has 0 spiro atoms. The van der Waals surface area contributed by atoms with Crippen molar-refractivity contribution in [2.75, 3.05) is 13.2 Å². The van der Waals surface area contributed by atoms with Crippen LogP contribution in [0.2, 0.25) is 5.02 Å². The summed E-state index contributed by atoms with van der Waals surface area (Å²) in [5.74, 6) is 0.0833. The van der Waals surface area contributed by atoms with Crippen molar-refractivity contribution >= 4 is 17.6 Å². The van der Waals surface area contributed by atoms with Crippen molar-refractivity contribution in [1.82, 2.24) is 0 Å². The van der Waals surface area contributed by atoms with Gasteiger partial charge in [-0.15, -0.1) is 0 Å². The number of hydrogen-bond donors (Lipinski definition) is 1. The van der Waals surface area contributed by atoms with Gasteiger partial charge >= 0.3 is 5.97 Å². The normalized spacial score (nSPS) is 10.2. The number of ether oxygens (including phenoxy) is 2. The maximum absolute atomic E-state index is 11.2. The molecule has 0 saturated carbocycles. The first-order chi connectivity index (χ1) is 8.62. The SMILES string of the molecule is CCOC(=O)COc1cc(Cl)c(CO)c(CC)c1. The Kier molecular flexibility index (Phi) is 5.95. The number of hydrogen-bond acceptors (Lipinski definition) is 4. The third kappa shape index (κ3) is 3.89. The fourth-order valence-corrected chi connectivity index (χ4v) is 1.88. The summed E-state index contributed by atoms with van der Waals surface area (Å²) in [5, 5.41) is 9.65. The second-order valence-corrected chi connectivity index (χ2v) is 4.06. The molecule has 4 nitrogen and oxygen atoms in total. The molecule has 5 heteroatoms. The molecule has 0 amide bonds. The van der Waals surface area contributed by atoms with E-state index in [9.17, 15) is 9.90 Å². The van der Waals surface area contributed by atoms with E-state index in [4.69, 9.17) is 21.1 Å². The Morgan fingerprint density at radius 2 is 2.11 bits per heavy atom. The van der Waals surface area contributed by atoms with Crippen LogP contribution in [-0.2, 0) is 22.6 Å². The van der Waals surface area contributed by atoms with E-state index in [0.717, 1.165) is 12.0 Å². The Morgan fingerprint density at radius 1 is 1.39 bits per heavy atom. The summed E-state index contributed by atoms with van der Waals surface area (Å²) in [5.41, 5.74) is 1.60. The van der Waals surface area contributed by atoms with Crippen molar-refractivity contribution in [2.24, 2.45) is 0 Å². The van der Waals surface area contributed by atoms with Gasteiger partial charge in [0.05, 0.1) is 18.2 Å². The molecule has 1 aromatic rings. The number of esters is 1. The summed E-state index contributed by atoms with van der Waals surface area (Å²) in [6, 6.07) is 3.36. The Morgan fingerprint density at radius 3 is 2.67 bits per heavy atom. The lowest BCUT2D eigenvalue weighted by Crippen LogP contribution is -2.14. The topological polar surface area (TPSA) is 55.8 Å². The van der Waals surface area contributed by atoms with Gasteiger partial charge in [0.25, 0.3) is 0 Å². The molecule has 0 heterocycles. The van der Waals surface area contributed by atoms with Crippen molar-refractivity contribution < 1.29 is 19.4 Å². The highest BCUT2D eigenvalue weighted by molar-refractivity contribution is 6.31.